The Labute approximate surface area is 63.6 Å². The van der Waals surface area contributed by atoms with Gasteiger partial charge in [0.25, 0.3) is 0 Å². The summed E-state index contributed by atoms with van der Waals surface area (Å²) < 4.78 is 0.529. The van der Waals surface area contributed by atoms with Gasteiger partial charge < -0.3 is 5.11 Å². The Morgan fingerprint density at radius 3 is 2.25 bits per heavy atom. The average Bonchev–Trinajstić information content (AvgIpc) is 1.77. The third-order valence-corrected chi connectivity index (χ3v) is 3.10. The van der Waals surface area contributed by atoms with Crippen LogP contribution in [0.1, 0.15) is 25.7 Å². The molecule has 0 bridgehead atoms. The van der Waals surface area contributed by atoms with Crippen LogP contribution in [0.3, 0.4) is 0 Å². The van der Waals surface area contributed by atoms with E-state index in [1.807, 2.05) is 0 Å². The average molecular weight is 226 g/mol. The minimum Gasteiger partial charge on any atom is -0.392 e. The summed E-state index contributed by atoms with van der Waals surface area (Å²) in [5.41, 5.74) is 0. The molecule has 1 rings (SSSR count). The second-order valence-corrected chi connectivity index (χ2v) is 3.97. The Kier molecular flexibility index (Phi) is 2.56. The number of alkyl halides is 1. The summed E-state index contributed by atoms with van der Waals surface area (Å²) in [6.07, 6.45) is 4.75. The number of rotatable bonds is 0. The van der Waals surface area contributed by atoms with Gasteiger partial charge in [-0.05, 0) is 12.8 Å². The molecule has 1 saturated carbocycles. The molecular formula is C6H11IO. The maximum atomic E-state index is 9.17. The van der Waals surface area contributed by atoms with Crippen molar-refractivity contribution in [2.75, 3.05) is 0 Å². The second-order valence-electron chi connectivity index (χ2n) is 2.37. The van der Waals surface area contributed by atoms with E-state index in [0.717, 1.165) is 6.42 Å². The van der Waals surface area contributed by atoms with Gasteiger partial charge in [-0.3, -0.25) is 0 Å². The highest BCUT2D eigenvalue weighted by molar-refractivity contribution is 14.1. The van der Waals surface area contributed by atoms with E-state index in [4.69, 9.17) is 0 Å². The van der Waals surface area contributed by atoms with E-state index in [1.54, 1.807) is 0 Å². The number of hydrogen-bond donors (Lipinski definition) is 1. The molecule has 1 N–H and O–H groups in total. The lowest BCUT2D eigenvalue weighted by molar-refractivity contribution is 0.142. The van der Waals surface area contributed by atoms with Crippen LogP contribution in [-0.4, -0.2) is 15.1 Å². The van der Waals surface area contributed by atoms with Crippen molar-refractivity contribution < 1.29 is 5.11 Å². The highest BCUT2D eigenvalue weighted by atomic mass is 127. The van der Waals surface area contributed by atoms with E-state index in [2.05, 4.69) is 22.6 Å². The van der Waals surface area contributed by atoms with Gasteiger partial charge in [-0.25, -0.2) is 0 Å². The van der Waals surface area contributed by atoms with Crippen LogP contribution in [0.2, 0.25) is 0 Å². The molecule has 0 heterocycles. The third kappa shape index (κ3) is 1.58. The molecule has 0 spiro atoms. The van der Waals surface area contributed by atoms with Gasteiger partial charge in [-0.1, -0.05) is 35.4 Å². The van der Waals surface area contributed by atoms with Crippen LogP contribution in [-0.2, 0) is 0 Å². The van der Waals surface area contributed by atoms with Gasteiger partial charge in [-0.15, -0.1) is 0 Å². The fraction of sp³-hybridized carbons (Fsp3) is 1.00. The minimum absolute atomic E-state index is 0.00986. The Morgan fingerprint density at radius 2 is 1.88 bits per heavy atom. The molecule has 0 radical (unpaired) electrons. The summed E-state index contributed by atoms with van der Waals surface area (Å²) >= 11 is 2.33. The van der Waals surface area contributed by atoms with E-state index in [1.165, 1.54) is 19.3 Å². The van der Waals surface area contributed by atoms with Crippen molar-refractivity contribution >= 4 is 22.6 Å². The zero-order chi connectivity index (χ0) is 5.98. The Bertz CT molecular complexity index is 64.9. The fourth-order valence-electron chi connectivity index (χ4n) is 1.07. The standard InChI is InChI=1S/C6H11IO/c7-5-3-1-2-4-6(5)8/h5-6,8H,1-4H2/t5-,6+/m0/s1. The summed E-state index contributed by atoms with van der Waals surface area (Å²) in [5, 5.41) is 9.17. The van der Waals surface area contributed by atoms with Gasteiger partial charge in [-0.2, -0.15) is 0 Å². The van der Waals surface area contributed by atoms with Gasteiger partial charge in [0.2, 0.25) is 0 Å². The first-order valence-electron chi connectivity index (χ1n) is 3.13. The topological polar surface area (TPSA) is 20.2 Å². The molecule has 1 aliphatic carbocycles. The molecule has 0 aliphatic heterocycles. The molecular weight excluding hydrogens is 215 g/mol. The highest BCUT2D eigenvalue weighted by Gasteiger charge is 2.18. The maximum Gasteiger partial charge on any atom is 0.0657 e. The quantitative estimate of drug-likeness (QED) is 0.492. The van der Waals surface area contributed by atoms with Crippen molar-refractivity contribution in [2.24, 2.45) is 0 Å². The first kappa shape index (κ1) is 6.81. The summed E-state index contributed by atoms with van der Waals surface area (Å²) in [6, 6.07) is 0. The smallest absolute Gasteiger partial charge is 0.0657 e. The SMILES string of the molecule is O[C@@H]1CCCC[C@@H]1I. The van der Waals surface area contributed by atoms with Crippen molar-refractivity contribution in [1.82, 2.24) is 0 Å². The molecule has 1 fully saturated rings. The molecule has 0 unspecified atom stereocenters. The molecule has 0 saturated heterocycles. The summed E-state index contributed by atoms with van der Waals surface area (Å²) in [7, 11) is 0. The van der Waals surface area contributed by atoms with Crippen LogP contribution in [0, 0.1) is 0 Å². The van der Waals surface area contributed by atoms with Gasteiger partial charge in [0.05, 0.1) is 6.10 Å². The van der Waals surface area contributed by atoms with Crippen LogP contribution in [0.5, 0.6) is 0 Å². The number of hydrogen-bond acceptors (Lipinski definition) is 1. The van der Waals surface area contributed by atoms with E-state index >= 15 is 0 Å². The van der Waals surface area contributed by atoms with Gasteiger partial charge in [0, 0.05) is 3.92 Å². The van der Waals surface area contributed by atoms with E-state index in [0.29, 0.717) is 3.92 Å². The Hall–Kier alpha value is 0.690. The van der Waals surface area contributed by atoms with Crippen LogP contribution in [0.25, 0.3) is 0 Å². The van der Waals surface area contributed by atoms with Crippen molar-refractivity contribution in [1.29, 1.82) is 0 Å². The zero-order valence-electron chi connectivity index (χ0n) is 4.81. The summed E-state index contributed by atoms with van der Waals surface area (Å²) in [5.74, 6) is 0. The molecule has 0 aromatic rings. The zero-order valence-corrected chi connectivity index (χ0v) is 6.97. The van der Waals surface area contributed by atoms with E-state index < -0.39 is 0 Å². The van der Waals surface area contributed by atoms with E-state index in [-0.39, 0.29) is 6.10 Å². The van der Waals surface area contributed by atoms with Crippen LogP contribution >= 0.6 is 22.6 Å². The van der Waals surface area contributed by atoms with Crippen molar-refractivity contribution in [2.45, 2.75) is 35.7 Å². The minimum atomic E-state index is -0.00986. The maximum absolute atomic E-state index is 9.17. The summed E-state index contributed by atoms with van der Waals surface area (Å²) in [6.45, 7) is 0. The van der Waals surface area contributed by atoms with Gasteiger partial charge in [0.1, 0.15) is 0 Å². The predicted octanol–water partition coefficient (Wildman–Crippen LogP) is 1.72. The fourth-order valence-corrected chi connectivity index (χ4v) is 1.87. The molecule has 8 heavy (non-hydrogen) atoms. The second kappa shape index (κ2) is 3.01. The van der Waals surface area contributed by atoms with Gasteiger partial charge >= 0.3 is 0 Å². The van der Waals surface area contributed by atoms with Gasteiger partial charge in [0.15, 0.2) is 0 Å². The Morgan fingerprint density at radius 1 is 1.25 bits per heavy atom. The lowest BCUT2D eigenvalue weighted by Gasteiger charge is -2.21. The Balaban J connectivity index is 2.28. The molecule has 2 heteroatoms. The van der Waals surface area contributed by atoms with Crippen molar-refractivity contribution in [3.63, 3.8) is 0 Å². The molecule has 0 amide bonds. The van der Waals surface area contributed by atoms with Crippen molar-refractivity contribution in [3.05, 3.63) is 0 Å². The number of aliphatic hydroxyl groups is 1. The molecule has 2 atom stereocenters. The van der Waals surface area contributed by atoms with Crippen LogP contribution in [0.4, 0.5) is 0 Å². The van der Waals surface area contributed by atoms with E-state index in [9.17, 15) is 5.11 Å². The van der Waals surface area contributed by atoms with Crippen LogP contribution in [0.15, 0.2) is 0 Å². The lowest BCUT2D eigenvalue weighted by Crippen LogP contribution is -2.23. The molecule has 1 nitrogen and oxygen atoms in total. The number of aliphatic hydroxyl groups excluding tert-OH is 1. The largest absolute Gasteiger partial charge is 0.392 e. The molecule has 0 aromatic heterocycles. The normalized spacial score (nSPS) is 39.8. The predicted molar refractivity (Wildman–Crippen MR) is 42.3 cm³/mol. The molecule has 0 aromatic carbocycles. The molecule has 48 valence electrons. The first-order chi connectivity index (χ1) is 3.80. The first-order valence-corrected chi connectivity index (χ1v) is 4.37. The molecule has 1 aliphatic rings. The monoisotopic (exact) mass is 226 g/mol. The summed E-state index contributed by atoms with van der Waals surface area (Å²) in [4.78, 5) is 0. The van der Waals surface area contributed by atoms with Crippen LogP contribution < -0.4 is 0 Å². The third-order valence-electron chi connectivity index (χ3n) is 1.65. The van der Waals surface area contributed by atoms with Crippen molar-refractivity contribution in [3.8, 4) is 0 Å². The highest BCUT2D eigenvalue weighted by Crippen LogP contribution is 2.24. The number of halogens is 1. The lowest BCUT2D eigenvalue weighted by atomic mass is 9.98.